The smallest absolute Gasteiger partial charge is 0.306 e. The van der Waals surface area contributed by atoms with Crippen LogP contribution in [0.3, 0.4) is 0 Å². The highest BCUT2D eigenvalue weighted by atomic mass is 16.5. The largest absolute Gasteiger partial charge is 0.461 e. The second-order valence-electron chi connectivity index (χ2n) is 4.83. The molecule has 0 spiro atoms. The van der Waals surface area contributed by atoms with Gasteiger partial charge < -0.3 is 10.5 Å². The molecule has 3 heteroatoms. The first-order chi connectivity index (χ1) is 9.65. The maximum atomic E-state index is 11.7. The molecule has 0 bridgehead atoms. The van der Waals surface area contributed by atoms with E-state index in [1.807, 2.05) is 55.5 Å². The van der Waals surface area contributed by atoms with E-state index in [2.05, 4.69) is 0 Å². The Morgan fingerprint density at radius 2 is 1.95 bits per heavy atom. The van der Waals surface area contributed by atoms with E-state index in [1.165, 1.54) is 0 Å². The number of ether oxygens (including phenoxy) is 1. The maximum Gasteiger partial charge on any atom is 0.306 e. The van der Waals surface area contributed by atoms with Crippen molar-refractivity contribution in [3.63, 3.8) is 0 Å². The number of rotatable bonds is 5. The van der Waals surface area contributed by atoms with Crippen molar-refractivity contribution in [3.05, 3.63) is 65.2 Å². The molecule has 0 aliphatic rings. The number of benzene rings is 2. The van der Waals surface area contributed by atoms with Gasteiger partial charge in [0.05, 0.1) is 0 Å². The molecule has 0 aliphatic carbocycles. The lowest BCUT2D eigenvalue weighted by atomic mass is 10.1. The standard InChI is InChI=1S/C17H19NO2/c1-13-5-2-3-7-15(13)12-20-17(19)10-9-14-6-4-8-16(18)11-14/h2-8,11H,9-10,12,18H2,1H3. The van der Waals surface area contributed by atoms with Crippen molar-refractivity contribution in [2.75, 3.05) is 5.73 Å². The highest BCUT2D eigenvalue weighted by Crippen LogP contribution is 2.11. The second-order valence-corrected chi connectivity index (χ2v) is 4.83. The molecule has 0 amide bonds. The first-order valence-electron chi connectivity index (χ1n) is 6.69. The molecule has 104 valence electrons. The van der Waals surface area contributed by atoms with Gasteiger partial charge in [-0.15, -0.1) is 0 Å². The lowest BCUT2D eigenvalue weighted by molar-refractivity contribution is -0.144. The molecule has 20 heavy (non-hydrogen) atoms. The van der Waals surface area contributed by atoms with Gasteiger partial charge in [0, 0.05) is 12.1 Å². The van der Waals surface area contributed by atoms with E-state index in [9.17, 15) is 4.79 Å². The minimum atomic E-state index is -0.185. The zero-order valence-corrected chi connectivity index (χ0v) is 11.6. The van der Waals surface area contributed by atoms with Crippen LogP contribution in [0.5, 0.6) is 0 Å². The molecule has 0 aromatic heterocycles. The highest BCUT2D eigenvalue weighted by Gasteiger charge is 2.05. The summed E-state index contributed by atoms with van der Waals surface area (Å²) in [6.45, 7) is 2.35. The average molecular weight is 269 g/mol. The van der Waals surface area contributed by atoms with Crippen LogP contribution in [0, 0.1) is 6.92 Å². The molecule has 0 heterocycles. The van der Waals surface area contributed by atoms with Gasteiger partial charge in [0.1, 0.15) is 6.61 Å². The molecular formula is C17H19NO2. The van der Waals surface area contributed by atoms with Gasteiger partial charge in [-0.05, 0) is 42.2 Å². The van der Waals surface area contributed by atoms with Crippen LogP contribution >= 0.6 is 0 Å². The molecule has 2 aromatic rings. The summed E-state index contributed by atoms with van der Waals surface area (Å²) in [5.74, 6) is -0.185. The summed E-state index contributed by atoms with van der Waals surface area (Å²) in [6, 6.07) is 15.5. The minimum Gasteiger partial charge on any atom is -0.461 e. The third-order valence-corrected chi connectivity index (χ3v) is 3.22. The van der Waals surface area contributed by atoms with Crippen molar-refractivity contribution in [1.82, 2.24) is 0 Å². The molecule has 0 aliphatic heterocycles. The Bertz CT molecular complexity index is 593. The number of hydrogen-bond acceptors (Lipinski definition) is 3. The number of nitrogen functional groups attached to an aromatic ring is 1. The molecule has 0 unspecified atom stereocenters. The fourth-order valence-corrected chi connectivity index (χ4v) is 2.00. The van der Waals surface area contributed by atoms with Crippen molar-refractivity contribution in [2.45, 2.75) is 26.4 Å². The molecule has 0 saturated heterocycles. The quantitative estimate of drug-likeness (QED) is 0.669. The molecule has 2 N–H and O–H groups in total. The lowest BCUT2D eigenvalue weighted by Crippen LogP contribution is -2.06. The summed E-state index contributed by atoms with van der Waals surface area (Å²) >= 11 is 0. The van der Waals surface area contributed by atoms with Gasteiger partial charge in [-0.3, -0.25) is 4.79 Å². The van der Waals surface area contributed by atoms with Gasteiger partial charge in [-0.2, -0.15) is 0 Å². The Hall–Kier alpha value is -2.29. The average Bonchev–Trinajstić information content (AvgIpc) is 2.44. The summed E-state index contributed by atoms with van der Waals surface area (Å²) in [4.78, 5) is 11.7. The minimum absolute atomic E-state index is 0.185. The predicted molar refractivity (Wildman–Crippen MR) is 80.2 cm³/mol. The van der Waals surface area contributed by atoms with Crippen molar-refractivity contribution < 1.29 is 9.53 Å². The summed E-state index contributed by atoms with van der Waals surface area (Å²) in [5, 5.41) is 0. The SMILES string of the molecule is Cc1ccccc1COC(=O)CCc1cccc(N)c1. The van der Waals surface area contributed by atoms with Gasteiger partial charge >= 0.3 is 5.97 Å². The molecule has 2 aromatic carbocycles. The first-order valence-corrected chi connectivity index (χ1v) is 6.69. The van der Waals surface area contributed by atoms with Gasteiger partial charge in [0.15, 0.2) is 0 Å². The summed E-state index contributed by atoms with van der Waals surface area (Å²) in [7, 11) is 0. The third-order valence-electron chi connectivity index (χ3n) is 3.22. The Labute approximate surface area is 119 Å². The Morgan fingerprint density at radius 3 is 2.70 bits per heavy atom. The number of carbonyl (C=O) groups excluding carboxylic acids is 1. The van der Waals surface area contributed by atoms with Crippen LogP contribution in [0.4, 0.5) is 5.69 Å². The van der Waals surface area contributed by atoms with Crippen molar-refractivity contribution in [2.24, 2.45) is 0 Å². The molecule has 0 atom stereocenters. The van der Waals surface area contributed by atoms with E-state index in [-0.39, 0.29) is 5.97 Å². The van der Waals surface area contributed by atoms with E-state index in [4.69, 9.17) is 10.5 Å². The number of hydrogen-bond donors (Lipinski definition) is 1. The number of anilines is 1. The first kappa shape index (κ1) is 14.1. The lowest BCUT2D eigenvalue weighted by Gasteiger charge is -2.07. The number of carbonyl (C=O) groups is 1. The van der Waals surface area contributed by atoms with Crippen molar-refractivity contribution in [1.29, 1.82) is 0 Å². The molecule has 0 radical (unpaired) electrons. The third kappa shape index (κ3) is 4.12. The zero-order valence-electron chi connectivity index (χ0n) is 11.6. The monoisotopic (exact) mass is 269 g/mol. The number of nitrogens with two attached hydrogens (primary N) is 1. The highest BCUT2D eigenvalue weighted by molar-refractivity contribution is 5.69. The van der Waals surface area contributed by atoms with Crippen LogP contribution < -0.4 is 5.73 Å². The van der Waals surface area contributed by atoms with Crippen LogP contribution in [0.25, 0.3) is 0 Å². The van der Waals surface area contributed by atoms with Gasteiger partial charge in [-0.1, -0.05) is 36.4 Å². The van der Waals surface area contributed by atoms with Gasteiger partial charge in [-0.25, -0.2) is 0 Å². The summed E-state index contributed by atoms with van der Waals surface area (Å²) in [5.41, 5.74) is 9.65. The summed E-state index contributed by atoms with van der Waals surface area (Å²) < 4.78 is 5.29. The fourth-order valence-electron chi connectivity index (χ4n) is 2.00. The molecule has 2 rings (SSSR count). The topological polar surface area (TPSA) is 52.3 Å². The van der Waals surface area contributed by atoms with E-state index in [0.717, 1.165) is 22.4 Å². The Morgan fingerprint density at radius 1 is 1.15 bits per heavy atom. The summed E-state index contributed by atoms with van der Waals surface area (Å²) in [6.07, 6.45) is 1.02. The maximum absolute atomic E-state index is 11.7. The van der Waals surface area contributed by atoms with Crippen molar-refractivity contribution >= 4 is 11.7 Å². The predicted octanol–water partition coefficient (Wildman–Crippen LogP) is 3.25. The van der Waals surface area contributed by atoms with Crippen LogP contribution in [0.1, 0.15) is 23.1 Å². The van der Waals surface area contributed by atoms with Crippen LogP contribution in [-0.4, -0.2) is 5.97 Å². The molecule has 3 nitrogen and oxygen atoms in total. The number of esters is 1. The van der Waals surface area contributed by atoms with Gasteiger partial charge in [0.2, 0.25) is 0 Å². The van der Waals surface area contributed by atoms with Crippen molar-refractivity contribution in [3.8, 4) is 0 Å². The van der Waals surface area contributed by atoms with E-state index in [1.54, 1.807) is 0 Å². The zero-order chi connectivity index (χ0) is 14.4. The van der Waals surface area contributed by atoms with Crippen LogP contribution in [0.2, 0.25) is 0 Å². The Balaban J connectivity index is 1.80. The number of aryl methyl sites for hydroxylation is 2. The van der Waals surface area contributed by atoms with Gasteiger partial charge in [0.25, 0.3) is 0 Å². The normalized spacial score (nSPS) is 10.2. The Kier molecular flexibility index (Phi) is 4.77. The molecular weight excluding hydrogens is 250 g/mol. The van der Waals surface area contributed by atoms with E-state index in [0.29, 0.717) is 19.4 Å². The van der Waals surface area contributed by atoms with Crippen LogP contribution in [-0.2, 0) is 22.6 Å². The second kappa shape index (κ2) is 6.75. The fraction of sp³-hybridized carbons (Fsp3) is 0.235. The molecule has 0 fully saturated rings. The molecule has 0 saturated carbocycles. The van der Waals surface area contributed by atoms with E-state index >= 15 is 0 Å². The van der Waals surface area contributed by atoms with Crippen LogP contribution in [0.15, 0.2) is 48.5 Å². The van der Waals surface area contributed by atoms with E-state index < -0.39 is 0 Å².